The van der Waals surface area contributed by atoms with Crippen LogP contribution in [0.15, 0.2) is 0 Å². The molecule has 0 aromatic carbocycles. The molecule has 12 heteroatoms. The summed E-state index contributed by atoms with van der Waals surface area (Å²) in [5, 5.41) is 76.5. The lowest BCUT2D eigenvalue weighted by molar-refractivity contribution is -0.318. The van der Waals surface area contributed by atoms with Crippen molar-refractivity contribution in [3.63, 3.8) is 0 Å². The van der Waals surface area contributed by atoms with Gasteiger partial charge in [-0.05, 0) is 0 Å². The minimum Gasteiger partial charge on any atom is -0.412 e. The molecule has 2 fully saturated rings. The highest BCUT2D eigenvalue weighted by Crippen LogP contribution is 2.33. The molecule has 0 aromatic heterocycles. The summed E-state index contributed by atoms with van der Waals surface area (Å²) < 4.78 is 15.3. The average molecular weight is 360 g/mol. The van der Waals surface area contributed by atoms with Crippen LogP contribution in [0.5, 0.6) is 0 Å². The summed E-state index contributed by atoms with van der Waals surface area (Å²) in [6.45, 7) is -2.32. The standard InChI is InChI=1S/C12H22O11.H2O/c13-1-4-6(16)7(17)8(18)11(21-4)22-9-5(2-14)23-12(20,3-15)10(9)19;/h4-11,13-20H,1-3H2;1H2/t4-,5-,6+,7+,8-,9-,10+,11+,12-;/m1./s1. The molecule has 9 atom stereocenters. The van der Waals surface area contributed by atoms with Gasteiger partial charge in [0.1, 0.15) is 42.7 Å². The third-order valence-electron chi connectivity index (χ3n) is 4.04. The zero-order valence-corrected chi connectivity index (χ0v) is 12.5. The lowest BCUT2D eigenvalue weighted by Crippen LogP contribution is -2.60. The molecule has 0 amide bonds. The predicted octanol–water partition coefficient (Wildman–Crippen LogP) is -6.22. The van der Waals surface area contributed by atoms with Crippen LogP contribution in [0.25, 0.3) is 0 Å². The molecule has 2 saturated heterocycles. The second-order valence-electron chi connectivity index (χ2n) is 5.58. The molecule has 12 nitrogen and oxygen atoms in total. The van der Waals surface area contributed by atoms with E-state index in [2.05, 4.69) is 0 Å². The molecule has 2 aliphatic heterocycles. The van der Waals surface area contributed by atoms with Crippen LogP contribution in [0.3, 0.4) is 0 Å². The van der Waals surface area contributed by atoms with E-state index < -0.39 is 74.6 Å². The summed E-state index contributed by atoms with van der Waals surface area (Å²) in [6.07, 6.45) is -12.2. The highest BCUT2D eigenvalue weighted by molar-refractivity contribution is 4.98. The SMILES string of the molecule is O.OC[C@H]1O[C@@H](O[C@@H]2[C@@H](CO)O[C@](O)(CO)[C@H]2O)[C@H](O)[C@@H](O)[C@H]1O. The monoisotopic (exact) mass is 360 g/mol. The highest BCUT2D eigenvalue weighted by Gasteiger charge is 2.56. The first-order chi connectivity index (χ1) is 10.8. The number of rotatable bonds is 5. The first-order valence-electron chi connectivity index (χ1n) is 7.05. The van der Waals surface area contributed by atoms with Crippen LogP contribution in [0, 0.1) is 0 Å². The van der Waals surface area contributed by atoms with Crippen molar-refractivity contribution in [2.24, 2.45) is 0 Å². The zero-order valence-electron chi connectivity index (χ0n) is 12.5. The summed E-state index contributed by atoms with van der Waals surface area (Å²) in [7, 11) is 0. The molecular weight excluding hydrogens is 336 g/mol. The van der Waals surface area contributed by atoms with Crippen LogP contribution in [0.4, 0.5) is 0 Å². The Morgan fingerprint density at radius 1 is 0.875 bits per heavy atom. The van der Waals surface area contributed by atoms with Crippen molar-refractivity contribution in [1.29, 1.82) is 0 Å². The largest absolute Gasteiger partial charge is 0.412 e. The Bertz CT molecular complexity index is 394. The Morgan fingerprint density at radius 2 is 1.46 bits per heavy atom. The molecule has 2 rings (SSSR count). The Hall–Kier alpha value is -0.480. The van der Waals surface area contributed by atoms with Crippen molar-refractivity contribution in [2.75, 3.05) is 19.8 Å². The Morgan fingerprint density at radius 3 is 1.96 bits per heavy atom. The fraction of sp³-hybridized carbons (Fsp3) is 1.00. The molecule has 2 heterocycles. The lowest BCUT2D eigenvalue weighted by atomic mass is 9.99. The average Bonchev–Trinajstić information content (AvgIpc) is 2.80. The minimum absolute atomic E-state index is 0. The van der Waals surface area contributed by atoms with Crippen LogP contribution in [-0.4, -0.2) is 121 Å². The second kappa shape index (κ2) is 8.27. The Kier molecular flexibility index (Phi) is 7.43. The number of hydrogen-bond donors (Lipinski definition) is 8. The van der Waals surface area contributed by atoms with Gasteiger partial charge in [-0.3, -0.25) is 0 Å². The first kappa shape index (κ1) is 21.6. The van der Waals surface area contributed by atoms with Crippen LogP contribution >= 0.6 is 0 Å². The normalized spacial score (nSPS) is 49.0. The van der Waals surface area contributed by atoms with Gasteiger partial charge in [-0.1, -0.05) is 0 Å². The van der Waals surface area contributed by atoms with Gasteiger partial charge in [-0.2, -0.15) is 0 Å². The maximum Gasteiger partial charge on any atom is 0.219 e. The number of hydrogen-bond acceptors (Lipinski definition) is 11. The first-order valence-corrected chi connectivity index (χ1v) is 7.05. The van der Waals surface area contributed by atoms with E-state index in [1.165, 1.54) is 0 Å². The molecule has 0 aliphatic carbocycles. The van der Waals surface area contributed by atoms with Crippen molar-refractivity contribution in [3.05, 3.63) is 0 Å². The van der Waals surface area contributed by atoms with E-state index in [1.54, 1.807) is 0 Å². The van der Waals surface area contributed by atoms with Crippen LogP contribution in [-0.2, 0) is 14.2 Å². The van der Waals surface area contributed by atoms with Gasteiger partial charge in [0.25, 0.3) is 0 Å². The molecule has 144 valence electrons. The van der Waals surface area contributed by atoms with E-state index >= 15 is 0 Å². The number of ether oxygens (including phenoxy) is 3. The summed E-state index contributed by atoms with van der Waals surface area (Å²) in [6, 6.07) is 0. The van der Waals surface area contributed by atoms with Crippen molar-refractivity contribution in [1.82, 2.24) is 0 Å². The maximum absolute atomic E-state index is 10.00. The van der Waals surface area contributed by atoms with Gasteiger partial charge in [0.05, 0.1) is 19.8 Å². The fourth-order valence-electron chi connectivity index (χ4n) is 2.63. The molecule has 10 N–H and O–H groups in total. The minimum atomic E-state index is -2.37. The zero-order chi connectivity index (χ0) is 17.4. The summed E-state index contributed by atoms with van der Waals surface area (Å²) in [5.74, 6) is -2.37. The highest BCUT2D eigenvalue weighted by atomic mass is 16.7. The van der Waals surface area contributed by atoms with Gasteiger partial charge in [0, 0.05) is 0 Å². The molecule has 0 unspecified atom stereocenters. The molecule has 2 aliphatic rings. The van der Waals surface area contributed by atoms with Crippen molar-refractivity contribution >= 4 is 0 Å². The maximum atomic E-state index is 10.00. The fourth-order valence-corrected chi connectivity index (χ4v) is 2.63. The van der Waals surface area contributed by atoms with Gasteiger partial charge in [-0.15, -0.1) is 0 Å². The predicted molar refractivity (Wildman–Crippen MR) is 72.3 cm³/mol. The number of aliphatic hydroxyl groups excluding tert-OH is 7. The molecule has 0 aromatic rings. The molecular formula is C12H24O12. The number of aliphatic hydroxyl groups is 8. The van der Waals surface area contributed by atoms with Gasteiger partial charge >= 0.3 is 0 Å². The van der Waals surface area contributed by atoms with E-state index in [0.29, 0.717) is 0 Å². The van der Waals surface area contributed by atoms with Gasteiger partial charge in [-0.25, -0.2) is 0 Å². The molecule has 0 radical (unpaired) electrons. The third kappa shape index (κ3) is 3.70. The van der Waals surface area contributed by atoms with Crippen molar-refractivity contribution in [3.8, 4) is 0 Å². The topological polar surface area (TPSA) is 221 Å². The molecule has 0 bridgehead atoms. The summed E-state index contributed by atoms with van der Waals surface area (Å²) in [4.78, 5) is 0. The Labute approximate surface area is 136 Å². The van der Waals surface area contributed by atoms with E-state index in [9.17, 15) is 30.6 Å². The van der Waals surface area contributed by atoms with E-state index in [4.69, 9.17) is 24.4 Å². The van der Waals surface area contributed by atoms with E-state index in [-0.39, 0.29) is 5.48 Å². The van der Waals surface area contributed by atoms with Crippen LogP contribution in [0.1, 0.15) is 0 Å². The Balaban J connectivity index is 0.00000288. The second-order valence-corrected chi connectivity index (χ2v) is 5.58. The molecule has 0 spiro atoms. The van der Waals surface area contributed by atoms with Crippen LogP contribution in [0.2, 0.25) is 0 Å². The van der Waals surface area contributed by atoms with Gasteiger partial charge < -0.3 is 60.5 Å². The van der Waals surface area contributed by atoms with E-state index in [1.807, 2.05) is 0 Å². The lowest BCUT2D eigenvalue weighted by Gasteiger charge is -2.41. The quantitative estimate of drug-likeness (QED) is 0.230. The van der Waals surface area contributed by atoms with Gasteiger partial charge in [0.15, 0.2) is 6.29 Å². The van der Waals surface area contributed by atoms with Crippen molar-refractivity contribution in [2.45, 2.75) is 54.8 Å². The third-order valence-corrected chi connectivity index (χ3v) is 4.04. The van der Waals surface area contributed by atoms with Crippen LogP contribution < -0.4 is 0 Å². The van der Waals surface area contributed by atoms with Crippen molar-refractivity contribution < 1.29 is 60.5 Å². The van der Waals surface area contributed by atoms with Gasteiger partial charge in [0.2, 0.25) is 5.79 Å². The smallest absolute Gasteiger partial charge is 0.219 e. The molecule has 0 saturated carbocycles. The summed E-state index contributed by atoms with van der Waals surface area (Å²) >= 11 is 0. The summed E-state index contributed by atoms with van der Waals surface area (Å²) in [5.41, 5.74) is 0. The molecule has 24 heavy (non-hydrogen) atoms. The van der Waals surface area contributed by atoms with E-state index in [0.717, 1.165) is 0 Å².